The van der Waals surface area contributed by atoms with Crippen LogP contribution in [0.25, 0.3) is 11.5 Å². The first-order chi connectivity index (χ1) is 8.47. The number of aromatic carboxylic acids is 1. The number of nitrogens with zero attached hydrogens (tertiary/aromatic N) is 3. The van der Waals surface area contributed by atoms with Gasteiger partial charge in [-0.15, -0.1) is 0 Å². The number of nitro benzene ring substituents is 1. The van der Waals surface area contributed by atoms with Gasteiger partial charge in [-0.3, -0.25) is 10.1 Å². The molecule has 0 fully saturated rings. The summed E-state index contributed by atoms with van der Waals surface area (Å²) in [6.07, 6.45) is 0. The molecule has 1 heterocycles. The summed E-state index contributed by atoms with van der Waals surface area (Å²) in [6, 6.07) is 2.65. The topological polar surface area (TPSA) is 119 Å². The summed E-state index contributed by atoms with van der Waals surface area (Å²) in [4.78, 5) is 23.7. The van der Waals surface area contributed by atoms with Gasteiger partial charge in [-0.25, -0.2) is 9.18 Å². The lowest BCUT2D eigenvalue weighted by molar-refractivity contribution is -0.385. The van der Waals surface area contributed by atoms with Crippen LogP contribution in [0.1, 0.15) is 10.6 Å². The van der Waals surface area contributed by atoms with Gasteiger partial charge in [-0.05, 0) is 11.2 Å². The van der Waals surface area contributed by atoms with Crippen LogP contribution in [0.2, 0.25) is 0 Å². The van der Waals surface area contributed by atoms with E-state index in [0.29, 0.717) is 0 Å². The van der Waals surface area contributed by atoms with Crippen molar-refractivity contribution in [2.45, 2.75) is 0 Å². The van der Waals surface area contributed by atoms with Crippen molar-refractivity contribution < 1.29 is 23.7 Å². The van der Waals surface area contributed by atoms with E-state index in [-0.39, 0.29) is 11.5 Å². The fourth-order valence-electron chi connectivity index (χ4n) is 1.23. The molecule has 92 valence electrons. The van der Waals surface area contributed by atoms with Crippen molar-refractivity contribution in [2.24, 2.45) is 0 Å². The van der Waals surface area contributed by atoms with Crippen molar-refractivity contribution in [3.63, 3.8) is 0 Å². The molecule has 1 aromatic heterocycles. The van der Waals surface area contributed by atoms with E-state index in [1.165, 1.54) is 0 Å². The molecule has 0 spiro atoms. The van der Waals surface area contributed by atoms with Crippen molar-refractivity contribution in [3.8, 4) is 11.5 Å². The summed E-state index contributed by atoms with van der Waals surface area (Å²) < 4.78 is 17.7. The van der Waals surface area contributed by atoms with E-state index in [1.54, 1.807) is 0 Å². The minimum absolute atomic E-state index is 0.0679. The van der Waals surface area contributed by atoms with E-state index >= 15 is 0 Å². The van der Waals surface area contributed by atoms with Crippen molar-refractivity contribution >= 4 is 11.7 Å². The lowest BCUT2D eigenvalue weighted by Gasteiger charge is -1.95. The molecule has 0 radical (unpaired) electrons. The third-order valence-electron chi connectivity index (χ3n) is 1.96. The fraction of sp³-hybridized carbons (Fsp3) is 0. The third-order valence-corrected chi connectivity index (χ3v) is 1.96. The number of carbonyl (C=O) groups is 1. The molecule has 0 saturated heterocycles. The Bertz CT molecular complexity index is 639. The minimum atomic E-state index is -1.42. The van der Waals surface area contributed by atoms with Crippen LogP contribution in [0.5, 0.6) is 0 Å². The standard InChI is InChI=1S/C9H4FN3O5/c10-5-1-4(2-6(3-5)13(16)17)8-11-7(9(14)15)12-18-8/h1-3H,(H,14,15). The van der Waals surface area contributed by atoms with E-state index in [9.17, 15) is 19.3 Å². The smallest absolute Gasteiger partial charge is 0.377 e. The Hall–Kier alpha value is -2.84. The zero-order chi connectivity index (χ0) is 13.3. The zero-order valence-corrected chi connectivity index (χ0v) is 8.53. The highest BCUT2D eigenvalue weighted by molar-refractivity contribution is 5.83. The molecule has 0 saturated carbocycles. The lowest BCUT2D eigenvalue weighted by Crippen LogP contribution is -1.98. The maximum absolute atomic E-state index is 13.1. The predicted octanol–water partition coefficient (Wildman–Crippen LogP) is 1.48. The van der Waals surface area contributed by atoms with Gasteiger partial charge < -0.3 is 9.63 Å². The van der Waals surface area contributed by atoms with Gasteiger partial charge in [0.15, 0.2) is 0 Å². The van der Waals surface area contributed by atoms with Crippen LogP contribution >= 0.6 is 0 Å². The lowest BCUT2D eigenvalue weighted by atomic mass is 10.2. The summed E-state index contributed by atoms with van der Waals surface area (Å²) in [5, 5.41) is 22.2. The Morgan fingerprint density at radius 2 is 2.17 bits per heavy atom. The Kier molecular flexibility index (Phi) is 2.72. The molecule has 0 amide bonds. The molecular weight excluding hydrogens is 249 g/mol. The average Bonchev–Trinajstić information content (AvgIpc) is 2.77. The van der Waals surface area contributed by atoms with Gasteiger partial charge in [0, 0.05) is 11.6 Å². The molecule has 18 heavy (non-hydrogen) atoms. The molecule has 0 unspecified atom stereocenters. The molecule has 1 N–H and O–H groups in total. The number of nitro groups is 1. The molecule has 2 rings (SSSR count). The maximum atomic E-state index is 13.1. The van der Waals surface area contributed by atoms with E-state index in [1.807, 2.05) is 0 Å². The average molecular weight is 253 g/mol. The van der Waals surface area contributed by atoms with Gasteiger partial charge in [-0.2, -0.15) is 4.98 Å². The summed E-state index contributed by atoms with van der Waals surface area (Å²) in [7, 11) is 0. The molecule has 0 aliphatic rings. The van der Waals surface area contributed by atoms with Crippen molar-refractivity contribution in [3.05, 3.63) is 40.0 Å². The molecular formula is C9H4FN3O5. The minimum Gasteiger partial charge on any atom is -0.475 e. The Balaban J connectivity index is 2.49. The number of hydrogen-bond acceptors (Lipinski definition) is 6. The molecule has 9 heteroatoms. The van der Waals surface area contributed by atoms with E-state index in [2.05, 4.69) is 14.7 Å². The van der Waals surface area contributed by atoms with Crippen LogP contribution < -0.4 is 0 Å². The molecule has 1 aromatic carbocycles. The number of halogens is 1. The first-order valence-electron chi connectivity index (χ1n) is 4.50. The van der Waals surface area contributed by atoms with Crippen molar-refractivity contribution in [2.75, 3.05) is 0 Å². The quantitative estimate of drug-likeness (QED) is 0.649. The van der Waals surface area contributed by atoms with Crippen molar-refractivity contribution in [1.29, 1.82) is 0 Å². The van der Waals surface area contributed by atoms with Crippen LogP contribution in [0, 0.1) is 15.9 Å². The highest BCUT2D eigenvalue weighted by Gasteiger charge is 2.18. The monoisotopic (exact) mass is 253 g/mol. The highest BCUT2D eigenvalue weighted by atomic mass is 19.1. The number of benzene rings is 1. The summed E-state index contributed by atoms with van der Waals surface area (Å²) >= 11 is 0. The van der Waals surface area contributed by atoms with Crippen LogP contribution in [-0.2, 0) is 0 Å². The van der Waals surface area contributed by atoms with Gasteiger partial charge in [0.05, 0.1) is 11.0 Å². The van der Waals surface area contributed by atoms with Crippen molar-refractivity contribution in [1.82, 2.24) is 10.1 Å². The summed E-state index contributed by atoms with van der Waals surface area (Å²) in [6.45, 7) is 0. The van der Waals surface area contributed by atoms with E-state index < -0.39 is 28.2 Å². The first-order valence-corrected chi connectivity index (χ1v) is 4.50. The van der Waals surface area contributed by atoms with Crippen LogP contribution in [0.15, 0.2) is 22.7 Å². The van der Waals surface area contributed by atoms with E-state index in [0.717, 1.165) is 18.2 Å². The number of carboxylic acids is 1. The first kappa shape index (κ1) is 11.6. The summed E-state index contributed by atoms with van der Waals surface area (Å²) in [5.74, 6) is -3.21. The molecule has 0 aliphatic heterocycles. The Labute approximate surface area is 97.8 Å². The Morgan fingerprint density at radius 1 is 1.44 bits per heavy atom. The fourth-order valence-corrected chi connectivity index (χ4v) is 1.23. The molecule has 0 atom stereocenters. The summed E-state index contributed by atoms with van der Waals surface area (Å²) in [5.41, 5.74) is -0.568. The number of carboxylic acid groups (broad SMARTS) is 1. The highest BCUT2D eigenvalue weighted by Crippen LogP contribution is 2.24. The van der Waals surface area contributed by atoms with Crippen LogP contribution in [0.4, 0.5) is 10.1 Å². The van der Waals surface area contributed by atoms with Gasteiger partial charge in [0.25, 0.3) is 17.4 Å². The second-order valence-electron chi connectivity index (χ2n) is 3.18. The number of non-ortho nitro benzene ring substituents is 1. The molecule has 2 aromatic rings. The second kappa shape index (κ2) is 4.20. The number of hydrogen-bond donors (Lipinski definition) is 1. The van der Waals surface area contributed by atoms with Gasteiger partial charge in [0.2, 0.25) is 0 Å². The predicted molar refractivity (Wildman–Crippen MR) is 53.3 cm³/mol. The number of rotatable bonds is 3. The molecule has 0 bridgehead atoms. The Morgan fingerprint density at radius 3 is 2.72 bits per heavy atom. The van der Waals surface area contributed by atoms with Gasteiger partial charge >= 0.3 is 5.97 Å². The SMILES string of the molecule is O=C(O)c1noc(-c2cc(F)cc([N+](=O)[O-])c2)n1. The molecule has 8 nitrogen and oxygen atoms in total. The normalized spacial score (nSPS) is 10.3. The van der Waals surface area contributed by atoms with Crippen LogP contribution in [0.3, 0.4) is 0 Å². The van der Waals surface area contributed by atoms with E-state index in [4.69, 9.17) is 5.11 Å². The molecule has 0 aliphatic carbocycles. The van der Waals surface area contributed by atoms with Gasteiger partial charge in [0.1, 0.15) is 5.82 Å². The zero-order valence-electron chi connectivity index (χ0n) is 8.53. The third kappa shape index (κ3) is 2.14. The second-order valence-corrected chi connectivity index (χ2v) is 3.18. The largest absolute Gasteiger partial charge is 0.475 e. The van der Waals surface area contributed by atoms with Gasteiger partial charge in [-0.1, -0.05) is 0 Å². The number of aromatic nitrogens is 2. The van der Waals surface area contributed by atoms with Crippen LogP contribution in [-0.4, -0.2) is 26.1 Å². The maximum Gasteiger partial charge on any atom is 0.377 e.